The number of ether oxygens (including phenoxy) is 1. The van der Waals surface area contributed by atoms with Crippen LogP contribution >= 0.6 is 0 Å². The van der Waals surface area contributed by atoms with Crippen molar-refractivity contribution in [3.8, 4) is 0 Å². The molecule has 2 aromatic rings. The Morgan fingerprint density at radius 3 is 2.22 bits per heavy atom. The maximum absolute atomic E-state index is 12.0. The summed E-state index contributed by atoms with van der Waals surface area (Å²) in [5.74, 6) is -2.77. The van der Waals surface area contributed by atoms with Crippen LogP contribution in [0.25, 0.3) is 0 Å². The zero-order chi connectivity index (χ0) is 17.0. The molecule has 0 saturated heterocycles. The van der Waals surface area contributed by atoms with E-state index in [-0.39, 0.29) is 28.9 Å². The molecule has 1 aromatic carbocycles. The molecule has 0 atom stereocenters. The third-order valence-corrected chi connectivity index (χ3v) is 3.27. The average molecular weight is 318 g/mol. The second-order valence-electron chi connectivity index (χ2n) is 4.77. The summed E-state index contributed by atoms with van der Waals surface area (Å²) in [5, 5.41) is 18.2. The number of carboxylic acid groups (broad SMARTS) is 2. The Morgan fingerprint density at radius 2 is 1.74 bits per heavy atom. The lowest BCUT2D eigenvalue weighted by Crippen LogP contribution is -2.13. The van der Waals surface area contributed by atoms with Crippen LogP contribution in [0.15, 0.2) is 34.9 Å². The maximum atomic E-state index is 12.0. The molecule has 2 N–H and O–H groups in total. The summed E-state index contributed by atoms with van der Waals surface area (Å²) in [7, 11) is 0. The van der Waals surface area contributed by atoms with Gasteiger partial charge in [0.15, 0.2) is 0 Å². The Bertz CT molecular complexity index is 709. The fraction of sp³-hybridized carbons (Fsp3) is 0.188. The van der Waals surface area contributed by atoms with Gasteiger partial charge in [0.1, 0.15) is 5.76 Å². The van der Waals surface area contributed by atoms with Crippen molar-refractivity contribution < 1.29 is 33.8 Å². The van der Waals surface area contributed by atoms with Crippen LogP contribution < -0.4 is 0 Å². The summed E-state index contributed by atoms with van der Waals surface area (Å²) >= 11 is 0. The van der Waals surface area contributed by atoms with Crippen molar-refractivity contribution in [2.45, 2.75) is 13.3 Å². The average Bonchev–Trinajstić information content (AvgIpc) is 3.00. The highest BCUT2D eigenvalue weighted by molar-refractivity contribution is 6.01. The smallest absolute Gasteiger partial charge is 0.338 e. The predicted octanol–water partition coefficient (Wildman–Crippen LogP) is 2.38. The van der Waals surface area contributed by atoms with Gasteiger partial charge in [0.2, 0.25) is 0 Å². The molecule has 0 aliphatic carbocycles. The molecule has 0 radical (unpaired) electrons. The summed E-state index contributed by atoms with van der Waals surface area (Å²) in [4.78, 5) is 34.4. The van der Waals surface area contributed by atoms with Crippen molar-refractivity contribution in [2.24, 2.45) is 0 Å². The molecule has 0 bridgehead atoms. The Morgan fingerprint density at radius 1 is 1.13 bits per heavy atom. The van der Waals surface area contributed by atoms with Gasteiger partial charge in [-0.15, -0.1) is 0 Å². The Balaban J connectivity index is 2.18. The number of esters is 1. The first-order chi connectivity index (χ1) is 10.9. The van der Waals surface area contributed by atoms with E-state index in [1.807, 2.05) is 0 Å². The molecule has 0 unspecified atom stereocenters. The lowest BCUT2D eigenvalue weighted by molar-refractivity contribution is 0.0504. The van der Waals surface area contributed by atoms with Crippen LogP contribution in [0.1, 0.15) is 42.4 Å². The number of rotatable bonds is 6. The monoisotopic (exact) mass is 318 g/mol. The van der Waals surface area contributed by atoms with E-state index >= 15 is 0 Å². The highest BCUT2D eigenvalue weighted by Gasteiger charge is 2.20. The quantitative estimate of drug-likeness (QED) is 0.786. The molecular formula is C16H14O7. The van der Waals surface area contributed by atoms with Crippen LogP contribution in [0.5, 0.6) is 0 Å². The van der Waals surface area contributed by atoms with Gasteiger partial charge in [0, 0.05) is 6.42 Å². The molecule has 2 rings (SSSR count). The molecule has 0 aliphatic rings. The van der Waals surface area contributed by atoms with Gasteiger partial charge in [-0.3, -0.25) is 0 Å². The van der Waals surface area contributed by atoms with E-state index < -0.39 is 17.9 Å². The number of hydrogen-bond donors (Lipinski definition) is 2. The zero-order valence-corrected chi connectivity index (χ0v) is 12.2. The van der Waals surface area contributed by atoms with Gasteiger partial charge < -0.3 is 19.4 Å². The number of furan rings is 1. The summed E-state index contributed by atoms with van der Waals surface area (Å²) in [6.45, 7) is 1.41. The number of hydrogen-bond acceptors (Lipinski definition) is 5. The van der Waals surface area contributed by atoms with E-state index in [4.69, 9.17) is 19.4 Å². The lowest BCUT2D eigenvalue weighted by atomic mass is 9.98. The molecule has 0 amide bonds. The Labute approximate surface area is 131 Å². The molecule has 0 fully saturated rings. The molecule has 0 saturated carbocycles. The molecule has 7 heteroatoms. The summed E-state index contributed by atoms with van der Waals surface area (Å²) < 4.78 is 10.1. The van der Waals surface area contributed by atoms with Gasteiger partial charge in [-0.1, -0.05) is 0 Å². The fourth-order valence-electron chi connectivity index (χ4n) is 2.06. The first kappa shape index (κ1) is 16.3. The number of benzene rings is 1. The van der Waals surface area contributed by atoms with Crippen LogP contribution in [0.3, 0.4) is 0 Å². The van der Waals surface area contributed by atoms with Gasteiger partial charge >= 0.3 is 17.9 Å². The molecule has 0 spiro atoms. The van der Waals surface area contributed by atoms with E-state index in [0.717, 1.165) is 12.1 Å². The Hall–Kier alpha value is -3.09. The van der Waals surface area contributed by atoms with Crippen molar-refractivity contribution in [2.75, 3.05) is 6.61 Å². The van der Waals surface area contributed by atoms with Crippen molar-refractivity contribution in [3.63, 3.8) is 0 Å². The van der Waals surface area contributed by atoms with E-state index in [2.05, 4.69) is 0 Å². The lowest BCUT2D eigenvalue weighted by Gasteiger charge is -2.09. The molecule has 7 nitrogen and oxygen atoms in total. The molecule has 23 heavy (non-hydrogen) atoms. The van der Waals surface area contributed by atoms with Crippen LogP contribution in [0, 0.1) is 6.92 Å². The number of aromatic carboxylic acids is 2. The third kappa shape index (κ3) is 3.76. The predicted molar refractivity (Wildman–Crippen MR) is 77.8 cm³/mol. The van der Waals surface area contributed by atoms with Gasteiger partial charge in [-0.25, -0.2) is 14.4 Å². The second-order valence-corrected chi connectivity index (χ2v) is 4.77. The summed E-state index contributed by atoms with van der Waals surface area (Å²) in [6, 6.07) is 5.65. The van der Waals surface area contributed by atoms with E-state index in [9.17, 15) is 14.4 Å². The molecule has 1 heterocycles. The highest BCUT2D eigenvalue weighted by atomic mass is 16.5. The van der Waals surface area contributed by atoms with Gasteiger partial charge in [-0.2, -0.15) is 0 Å². The van der Waals surface area contributed by atoms with Gasteiger partial charge in [-0.05, 0) is 36.8 Å². The SMILES string of the molecule is Cc1c(C(=O)O)cc(C(=O)OCCc2ccco2)cc1C(=O)O. The first-order valence-corrected chi connectivity index (χ1v) is 6.71. The van der Waals surface area contributed by atoms with E-state index in [1.54, 1.807) is 12.1 Å². The van der Waals surface area contributed by atoms with Gasteiger partial charge in [0.05, 0.1) is 29.6 Å². The Kier molecular flexibility index (Phi) is 4.80. The minimum absolute atomic E-state index is 0.0328. The van der Waals surface area contributed by atoms with E-state index in [1.165, 1.54) is 13.2 Å². The highest BCUT2D eigenvalue weighted by Crippen LogP contribution is 2.18. The maximum Gasteiger partial charge on any atom is 0.338 e. The molecule has 120 valence electrons. The van der Waals surface area contributed by atoms with Crippen molar-refractivity contribution in [3.05, 3.63) is 58.5 Å². The van der Waals surface area contributed by atoms with Crippen LogP contribution in [0.2, 0.25) is 0 Å². The first-order valence-electron chi connectivity index (χ1n) is 6.71. The van der Waals surface area contributed by atoms with Crippen molar-refractivity contribution in [1.82, 2.24) is 0 Å². The summed E-state index contributed by atoms with van der Waals surface area (Å²) in [6.07, 6.45) is 1.86. The van der Waals surface area contributed by atoms with Gasteiger partial charge in [0.25, 0.3) is 0 Å². The topological polar surface area (TPSA) is 114 Å². The zero-order valence-electron chi connectivity index (χ0n) is 12.2. The number of carboxylic acids is 2. The molecule has 1 aromatic heterocycles. The van der Waals surface area contributed by atoms with Crippen LogP contribution in [-0.2, 0) is 11.2 Å². The summed E-state index contributed by atoms with van der Waals surface area (Å²) in [5.41, 5.74) is -0.534. The van der Waals surface area contributed by atoms with Crippen LogP contribution in [-0.4, -0.2) is 34.7 Å². The normalized spacial score (nSPS) is 10.3. The van der Waals surface area contributed by atoms with Crippen molar-refractivity contribution >= 4 is 17.9 Å². The minimum atomic E-state index is -1.31. The minimum Gasteiger partial charge on any atom is -0.478 e. The van der Waals surface area contributed by atoms with Crippen molar-refractivity contribution in [1.29, 1.82) is 0 Å². The second kappa shape index (κ2) is 6.78. The fourth-order valence-corrected chi connectivity index (χ4v) is 2.06. The standard InChI is InChI=1S/C16H14O7/c1-9-12(14(17)18)7-10(8-13(9)15(19)20)16(21)23-6-4-11-3-2-5-22-11/h2-3,5,7-8H,4,6H2,1H3,(H,17,18)(H,19,20). The van der Waals surface area contributed by atoms with Crippen LogP contribution in [0.4, 0.5) is 0 Å². The number of carbonyl (C=O) groups is 3. The number of carbonyl (C=O) groups excluding carboxylic acids is 1. The molecular weight excluding hydrogens is 304 g/mol. The van der Waals surface area contributed by atoms with E-state index in [0.29, 0.717) is 12.2 Å². The largest absolute Gasteiger partial charge is 0.478 e. The molecule has 0 aliphatic heterocycles. The third-order valence-electron chi connectivity index (χ3n) is 3.27.